The third-order valence-electron chi connectivity index (χ3n) is 11.4. The lowest BCUT2D eigenvalue weighted by Crippen LogP contribution is -2.50. The quantitative estimate of drug-likeness (QED) is 0.0881. The van der Waals surface area contributed by atoms with E-state index >= 15 is 0 Å². The maximum atomic E-state index is 14.0. The smallest absolute Gasteiger partial charge is 0.241 e. The zero-order chi connectivity index (χ0) is 40.5. The molecular formula is C46H54N8O2S2. The number of fused-ring (bicyclic) bond motifs is 4. The number of nitrogens with two attached hydrogens (primary N) is 2. The lowest BCUT2D eigenvalue weighted by atomic mass is 9.99. The fourth-order valence-corrected chi connectivity index (χ4v) is 10.9. The van der Waals surface area contributed by atoms with Crippen LogP contribution in [0.3, 0.4) is 0 Å². The van der Waals surface area contributed by atoms with E-state index in [4.69, 9.17) is 21.4 Å². The molecule has 8 rings (SSSR count). The van der Waals surface area contributed by atoms with Gasteiger partial charge in [-0.05, 0) is 46.2 Å². The van der Waals surface area contributed by atoms with Crippen molar-refractivity contribution < 1.29 is 9.59 Å². The summed E-state index contributed by atoms with van der Waals surface area (Å²) in [6.45, 7) is 11.2. The van der Waals surface area contributed by atoms with Crippen molar-refractivity contribution in [2.24, 2.45) is 23.3 Å². The van der Waals surface area contributed by atoms with Crippen LogP contribution in [0.4, 0.5) is 0 Å². The van der Waals surface area contributed by atoms with E-state index in [0.29, 0.717) is 49.5 Å². The number of carbonyl (C=O) groups excluding carboxylic acids is 2. The van der Waals surface area contributed by atoms with Gasteiger partial charge in [0.2, 0.25) is 11.8 Å². The van der Waals surface area contributed by atoms with Crippen LogP contribution in [0.25, 0.3) is 44.1 Å². The first kappa shape index (κ1) is 40.2. The highest BCUT2D eigenvalue weighted by Gasteiger charge is 2.37. The molecule has 302 valence electrons. The van der Waals surface area contributed by atoms with Crippen molar-refractivity contribution in [3.05, 3.63) is 109 Å². The average molecular weight is 815 g/mol. The maximum absolute atomic E-state index is 14.0. The van der Waals surface area contributed by atoms with Crippen LogP contribution < -0.4 is 11.5 Å². The number of carbonyl (C=O) groups is 2. The molecule has 2 aromatic heterocycles. The number of aromatic nitrogens is 4. The summed E-state index contributed by atoms with van der Waals surface area (Å²) in [6, 6.07) is 27.7. The summed E-state index contributed by atoms with van der Waals surface area (Å²) >= 11 is 0. The number of amides is 2. The van der Waals surface area contributed by atoms with Gasteiger partial charge in [0.15, 0.2) is 0 Å². The number of imidazole rings is 2. The van der Waals surface area contributed by atoms with Crippen molar-refractivity contribution in [1.82, 2.24) is 28.9 Å². The van der Waals surface area contributed by atoms with Crippen LogP contribution in [0.15, 0.2) is 97.3 Å². The van der Waals surface area contributed by atoms with Crippen LogP contribution in [-0.4, -0.2) is 77.4 Å². The van der Waals surface area contributed by atoms with Gasteiger partial charge in [0.05, 0.1) is 35.6 Å². The SMILES string of the molecule is CC(C)CC1c2nc(-c3cccc4ccccc34)cn2CCN1C(=O)C(N)CSSCC(N)C(=O)N1CCn2cc(-c3cccc4ccccc34)nc2C1CC(C)C. The topological polar surface area (TPSA) is 128 Å². The normalized spacial score (nSPS) is 17.9. The average Bonchev–Trinajstić information content (AvgIpc) is 3.87. The number of hydrogen-bond acceptors (Lipinski definition) is 8. The Balaban J connectivity index is 0.898. The highest BCUT2D eigenvalue weighted by atomic mass is 33.1. The summed E-state index contributed by atoms with van der Waals surface area (Å²) in [7, 11) is 3.01. The minimum atomic E-state index is -0.689. The number of rotatable bonds is 13. The van der Waals surface area contributed by atoms with E-state index in [1.165, 1.54) is 32.4 Å². The van der Waals surface area contributed by atoms with Crippen LogP contribution in [0.2, 0.25) is 0 Å². The Morgan fingerprint density at radius 1 is 0.603 bits per heavy atom. The van der Waals surface area contributed by atoms with Crippen molar-refractivity contribution in [2.75, 3.05) is 24.6 Å². The molecule has 0 fully saturated rings. The van der Waals surface area contributed by atoms with Crippen molar-refractivity contribution in [3.8, 4) is 22.5 Å². The highest BCUT2D eigenvalue weighted by Crippen LogP contribution is 2.38. The molecule has 0 bridgehead atoms. The zero-order valence-electron chi connectivity index (χ0n) is 33.8. The Morgan fingerprint density at radius 3 is 1.41 bits per heavy atom. The fourth-order valence-electron chi connectivity index (χ4n) is 8.63. The highest BCUT2D eigenvalue weighted by molar-refractivity contribution is 8.76. The van der Waals surface area contributed by atoms with E-state index in [9.17, 15) is 9.59 Å². The fraction of sp³-hybridized carbons (Fsp3) is 0.391. The van der Waals surface area contributed by atoms with Gasteiger partial charge in [-0.1, -0.05) is 134 Å². The largest absolute Gasteiger partial charge is 0.331 e. The molecule has 0 spiro atoms. The van der Waals surface area contributed by atoms with Gasteiger partial charge in [-0.25, -0.2) is 9.97 Å². The van der Waals surface area contributed by atoms with Crippen LogP contribution in [0, 0.1) is 11.8 Å². The first-order chi connectivity index (χ1) is 28.1. The molecule has 0 radical (unpaired) electrons. The molecule has 0 saturated carbocycles. The standard InChI is InChI=1S/C46H54N8O2S2/c1-29(2)23-41-43-49-39(35-17-9-13-31-11-5-7-15-33(31)35)25-51(43)19-21-53(41)45(55)37(47)27-57-58-28-38(48)46(56)54-22-20-52-26-40(50-44(52)42(54)24-30(3)4)36-18-10-14-32-12-6-8-16-34(32)36/h5-18,25-26,29-30,37-38,41-42H,19-24,27-28,47-48H2,1-4H3. The van der Waals surface area contributed by atoms with Crippen LogP contribution in [-0.2, 0) is 22.7 Å². The maximum Gasteiger partial charge on any atom is 0.241 e. The second-order valence-electron chi connectivity index (χ2n) is 16.5. The molecule has 4 unspecified atom stereocenters. The summed E-state index contributed by atoms with van der Waals surface area (Å²) in [5.41, 5.74) is 17.3. The number of nitrogens with zero attached hydrogens (tertiary/aromatic N) is 6. The summed E-state index contributed by atoms with van der Waals surface area (Å²) in [4.78, 5) is 42.3. The van der Waals surface area contributed by atoms with Gasteiger partial charge in [-0.3, -0.25) is 9.59 Å². The lowest BCUT2D eigenvalue weighted by molar-refractivity contribution is -0.137. The van der Waals surface area contributed by atoms with E-state index in [1.54, 1.807) is 0 Å². The second-order valence-corrected chi connectivity index (χ2v) is 19.1. The predicted octanol–water partition coefficient (Wildman–Crippen LogP) is 8.32. The summed E-state index contributed by atoms with van der Waals surface area (Å²) in [5.74, 6) is 3.24. The Morgan fingerprint density at radius 2 is 1.00 bits per heavy atom. The zero-order valence-corrected chi connectivity index (χ0v) is 35.5. The number of hydrogen-bond donors (Lipinski definition) is 2. The first-order valence-electron chi connectivity index (χ1n) is 20.5. The third kappa shape index (κ3) is 8.16. The molecule has 4 aromatic carbocycles. The van der Waals surface area contributed by atoms with Crippen molar-refractivity contribution in [1.29, 1.82) is 0 Å². The van der Waals surface area contributed by atoms with Crippen LogP contribution in [0.1, 0.15) is 64.3 Å². The van der Waals surface area contributed by atoms with E-state index in [-0.39, 0.29) is 23.9 Å². The molecule has 4 N–H and O–H groups in total. The second kappa shape index (κ2) is 17.3. The van der Waals surface area contributed by atoms with Crippen LogP contribution in [0.5, 0.6) is 0 Å². The molecule has 4 atom stereocenters. The minimum absolute atomic E-state index is 0.0664. The summed E-state index contributed by atoms with van der Waals surface area (Å²) in [5, 5.41) is 4.68. The van der Waals surface area contributed by atoms with E-state index < -0.39 is 12.1 Å². The van der Waals surface area contributed by atoms with Gasteiger partial charge < -0.3 is 30.4 Å². The summed E-state index contributed by atoms with van der Waals surface area (Å²) < 4.78 is 4.43. The molecule has 58 heavy (non-hydrogen) atoms. The summed E-state index contributed by atoms with van der Waals surface area (Å²) in [6.07, 6.45) is 5.86. The molecule has 4 heterocycles. The van der Waals surface area contributed by atoms with Gasteiger partial charge in [-0.2, -0.15) is 0 Å². The Labute approximate surface area is 349 Å². The van der Waals surface area contributed by atoms with Gasteiger partial charge in [0.1, 0.15) is 11.6 Å². The minimum Gasteiger partial charge on any atom is -0.331 e. The molecule has 10 nitrogen and oxygen atoms in total. The molecular weight excluding hydrogens is 761 g/mol. The molecule has 0 aliphatic carbocycles. The third-order valence-corrected chi connectivity index (χ3v) is 13.9. The predicted molar refractivity (Wildman–Crippen MR) is 239 cm³/mol. The van der Waals surface area contributed by atoms with Crippen molar-refractivity contribution >= 4 is 54.9 Å². The van der Waals surface area contributed by atoms with Gasteiger partial charge >= 0.3 is 0 Å². The Kier molecular flexibility index (Phi) is 12.0. The van der Waals surface area contributed by atoms with E-state index in [0.717, 1.165) is 57.8 Å². The van der Waals surface area contributed by atoms with Gasteiger partial charge in [0.25, 0.3) is 0 Å². The van der Waals surface area contributed by atoms with Gasteiger partial charge in [0, 0.05) is 61.2 Å². The Hall–Kier alpha value is -4.62. The van der Waals surface area contributed by atoms with Crippen molar-refractivity contribution in [3.63, 3.8) is 0 Å². The van der Waals surface area contributed by atoms with E-state index in [2.05, 4.69) is 134 Å². The molecule has 6 aromatic rings. The molecule has 12 heteroatoms. The Bertz CT molecular complexity index is 2250. The van der Waals surface area contributed by atoms with E-state index in [1.807, 2.05) is 9.80 Å². The van der Waals surface area contributed by atoms with Crippen molar-refractivity contribution in [2.45, 2.75) is 77.8 Å². The molecule has 2 aliphatic rings. The van der Waals surface area contributed by atoms with Gasteiger partial charge in [-0.15, -0.1) is 0 Å². The molecule has 2 amide bonds. The monoisotopic (exact) mass is 814 g/mol. The molecule has 0 saturated heterocycles. The van der Waals surface area contributed by atoms with Crippen LogP contribution >= 0.6 is 21.6 Å². The lowest BCUT2D eigenvalue weighted by Gasteiger charge is -2.38. The number of benzene rings is 4. The molecule has 2 aliphatic heterocycles. The first-order valence-corrected chi connectivity index (χ1v) is 23.0.